The van der Waals surface area contributed by atoms with E-state index >= 15 is 0 Å². The van der Waals surface area contributed by atoms with Crippen LogP contribution in [-0.2, 0) is 0 Å². The zero-order valence-electron chi connectivity index (χ0n) is 22.1. The van der Waals surface area contributed by atoms with Gasteiger partial charge in [-0.2, -0.15) is 4.98 Å². The van der Waals surface area contributed by atoms with Gasteiger partial charge in [0.1, 0.15) is 17.7 Å². The number of aryl methyl sites for hydroxylation is 2. The van der Waals surface area contributed by atoms with Crippen LogP contribution in [-0.4, -0.2) is 66.8 Å². The number of nitrogens with one attached hydrogen (secondary N) is 2. The summed E-state index contributed by atoms with van der Waals surface area (Å²) in [6, 6.07) is 3.59. The lowest BCUT2D eigenvalue weighted by Gasteiger charge is -2.28. The molecular formula is C27H37N5O5. The van der Waals surface area contributed by atoms with Crippen LogP contribution in [0.2, 0.25) is 0 Å². The maximum Gasteiger partial charge on any atom is 0.225 e. The van der Waals surface area contributed by atoms with Crippen molar-refractivity contribution in [3.05, 3.63) is 23.5 Å². The molecule has 2 aliphatic carbocycles. The Hall–Kier alpha value is -2.95. The van der Waals surface area contributed by atoms with E-state index in [9.17, 15) is 15.3 Å². The lowest BCUT2D eigenvalue weighted by atomic mass is 9.88. The van der Waals surface area contributed by atoms with Gasteiger partial charge in [-0.05, 0) is 66.4 Å². The van der Waals surface area contributed by atoms with Gasteiger partial charge in [0.2, 0.25) is 11.8 Å². The summed E-state index contributed by atoms with van der Waals surface area (Å²) >= 11 is 0. The zero-order valence-corrected chi connectivity index (χ0v) is 22.1. The predicted molar refractivity (Wildman–Crippen MR) is 141 cm³/mol. The number of fused-ring (bicyclic) bond motifs is 1. The normalized spacial score (nSPS) is 24.3. The maximum atomic E-state index is 10.8. The largest absolute Gasteiger partial charge is 0.478 e. The van der Waals surface area contributed by atoms with E-state index < -0.39 is 29.8 Å². The Balaban J connectivity index is 1.55. The van der Waals surface area contributed by atoms with Crippen LogP contribution in [0, 0.1) is 19.8 Å². The van der Waals surface area contributed by atoms with Gasteiger partial charge in [-0.1, -0.05) is 0 Å². The third-order valence-corrected chi connectivity index (χ3v) is 7.63. The van der Waals surface area contributed by atoms with E-state index in [0.29, 0.717) is 65.0 Å². The lowest BCUT2D eigenvalue weighted by molar-refractivity contribution is -0.0601. The van der Waals surface area contributed by atoms with Crippen LogP contribution in [0.3, 0.4) is 0 Å². The summed E-state index contributed by atoms with van der Waals surface area (Å²) in [5.41, 5.74) is 1.60. The van der Waals surface area contributed by atoms with Gasteiger partial charge in [0.25, 0.3) is 0 Å². The fourth-order valence-corrected chi connectivity index (χ4v) is 5.35. The van der Waals surface area contributed by atoms with E-state index in [4.69, 9.17) is 19.1 Å². The van der Waals surface area contributed by atoms with Gasteiger partial charge in [0.15, 0.2) is 5.58 Å². The number of aliphatic hydroxyl groups excluding tert-OH is 2. The molecule has 2 fully saturated rings. The Bertz CT molecular complexity index is 1280. The first-order chi connectivity index (χ1) is 17.5. The highest BCUT2D eigenvalue weighted by Gasteiger charge is 2.48. The second-order valence-electron chi connectivity index (χ2n) is 10.9. The van der Waals surface area contributed by atoms with Crippen molar-refractivity contribution in [3.8, 4) is 17.2 Å². The molecule has 0 bridgehead atoms. The van der Waals surface area contributed by atoms with Crippen LogP contribution in [0.25, 0.3) is 22.3 Å². The third kappa shape index (κ3) is 4.97. The van der Waals surface area contributed by atoms with Gasteiger partial charge in [-0.3, -0.25) is 0 Å². The molecule has 0 aliphatic heterocycles. The van der Waals surface area contributed by atoms with Crippen molar-refractivity contribution in [2.45, 2.75) is 90.2 Å². The standard InChI is InChI=1S/C27H37N5O5/c1-6-36-20-11-15-10-19(37-24(15)14(3)28-20)21-13(2)29-26(30-16-8-7-9-16)32-25(21)31-18-12-17(27(4,5)35)22(33)23(18)34/h10-11,16-18,22-23,33-35H,6-9,12H2,1-5H3,(H2,29,30,31,32)/t17-,18+,22+,23-/m0/s1. The van der Waals surface area contributed by atoms with E-state index in [1.807, 2.05) is 32.9 Å². The first-order valence-electron chi connectivity index (χ1n) is 13.1. The minimum absolute atomic E-state index is 0.341. The van der Waals surface area contributed by atoms with Gasteiger partial charge >= 0.3 is 0 Å². The molecule has 200 valence electrons. The van der Waals surface area contributed by atoms with E-state index in [1.54, 1.807) is 13.8 Å². The summed E-state index contributed by atoms with van der Waals surface area (Å²) in [7, 11) is 0. The molecule has 10 heteroatoms. The van der Waals surface area contributed by atoms with Crippen molar-refractivity contribution < 1.29 is 24.5 Å². The maximum absolute atomic E-state index is 10.8. The summed E-state index contributed by atoms with van der Waals surface area (Å²) in [4.78, 5) is 14.0. The number of furan rings is 1. The SMILES string of the molecule is CCOc1cc2cc(-c3c(C)nc(NC4CCC4)nc3N[C@@H]3C[C@H](C(C)(C)O)[C@@H](O)[C@H]3O)oc2c(C)n1. The van der Waals surface area contributed by atoms with Gasteiger partial charge in [-0.15, -0.1) is 0 Å². The van der Waals surface area contributed by atoms with Crippen molar-refractivity contribution in [3.63, 3.8) is 0 Å². The summed E-state index contributed by atoms with van der Waals surface area (Å²) in [5.74, 6) is 1.61. The number of hydrogen-bond donors (Lipinski definition) is 5. The molecule has 4 atom stereocenters. The summed E-state index contributed by atoms with van der Waals surface area (Å²) in [6.45, 7) is 9.50. The third-order valence-electron chi connectivity index (χ3n) is 7.63. The average molecular weight is 512 g/mol. The summed E-state index contributed by atoms with van der Waals surface area (Å²) in [6.07, 6.45) is 1.57. The van der Waals surface area contributed by atoms with Crippen LogP contribution >= 0.6 is 0 Å². The molecule has 5 rings (SSSR count). The van der Waals surface area contributed by atoms with Crippen LogP contribution in [0.15, 0.2) is 16.5 Å². The molecule has 0 saturated heterocycles. The number of pyridine rings is 1. The molecule has 3 heterocycles. The van der Waals surface area contributed by atoms with Gasteiger partial charge in [0, 0.05) is 23.4 Å². The number of aliphatic hydroxyl groups is 3. The quantitative estimate of drug-likeness (QED) is 0.304. The highest BCUT2D eigenvalue weighted by molar-refractivity contribution is 5.88. The minimum atomic E-state index is -1.14. The highest BCUT2D eigenvalue weighted by atomic mass is 16.5. The first kappa shape index (κ1) is 25.7. The smallest absolute Gasteiger partial charge is 0.225 e. The minimum Gasteiger partial charge on any atom is -0.478 e. The van der Waals surface area contributed by atoms with E-state index in [1.165, 1.54) is 6.42 Å². The zero-order chi connectivity index (χ0) is 26.5. The Morgan fingerprint density at radius 2 is 1.81 bits per heavy atom. The van der Waals surface area contributed by atoms with Crippen molar-refractivity contribution in [1.29, 1.82) is 0 Å². The van der Waals surface area contributed by atoms with Gasteiger partial charge < -0.3 is 35.1 Å². The number of hydrogen-bond acceptors (Lipinski definition) is 10. The monoisotopic (exact) mass is 511 g/mol. The molecule has 5 N–H and O–H groups in total. The molecule has 0 aromatic carbocycles. The fourth-order valence-electron chi connectivity index (χ4n) is 5.35. The van der Waals surface area contributed by atoms with Crippen molar-refractivity contribution in [2.24, 2.45) is 5.92 Å². The molecule has 0 radical (unpaired) electrons. The van der Waals surface area contributed by atoms with Crippen LogP contribution in [0.4, 0.5) is 11.8 Å². The summed E-state index contributed by atoms with van der Waals surface area (Å²) < 4.78 is 11.9. The molecular weight excluding hydrogens is 474 g/mol. The second-order valence-corrected chi connectivity index (χ2v) is 10.9. The van der Waals surface area contributed by atoms with Gasteiger partial charge in [0.05, 0.1) is 41.3 Å². The van der Waals surface area contributed by atoms with E-state index in [-0.39, 0.29) is 0 Å². The molecule has 3 aromatic rings. The van der Waals surface area contributed by atoms with Gasteiger partial charge in [-0.25, -0.2) is 9.97 Å². The number of rotatable bonds is 8. The molecule has 10 nitrogen and oxygen atoms in total. The average Bonchev–Trinajstić information content (AvgIpc) is 3.33. The molecule has 0 amide bonds. The summed E-state index contributed by atoms with van der Waals surface area (Å²) in [5, 5.41) is 39.7. The topological polar surface area (TPSA) is 146 Å². The second kappa shape index (κ2) is 9.74. The highest BCUT2D eigenvalue weighted by Crippen LogP contribution is 2.40. The van der Waals surface area contributed by atoms with Crippen LogP contribution in [0.1, 0.15) is 57.8 Å². The van der Waals surface area contributed by atoms with E-state index in [2.05, 4.69) is 15.6 Å². The molecule has 0 spiro atoms. The fraction of sp³-hybridized carbons (Fsp3) is 0.593. The van der Waals surface area contributed by atoms with Crippen LogP contribution in [0.5, 0.6) is 5.88 Å². The Morgan fingerprint density at radius 1 is 1.05 bits per heavy atom. The van der Waals surface area contributed by atoms with Crippen molar-refractivity contribution in [2.75, 3.05) is 17.2 Å². The number of aromatic nitrogens is 3. The van der Waals surface area contributed by atoms with Crippen molar-refractivity contribution in [1.82, 2.24) is 15.0 Å². The lowest BCUT2D eigenvalue weighted by Crippen LogP contribution is -2.40. The molecule has 3 aromatic heterocycles. The van der Waals surface area contributed by atoms with Crippen molar-refractivity contribution >= 4 is 22.7 Å². The Labute approximate surface area is 216 Å². The molecule has 0 unspecified atom stereocenters. The van der Waals surface area contributed by atoms with E-state index in [0.717, 1.165) is 18.2 Å². The predicted octanol–water partition coefficient (Wildman–Crippen LogP) is 3.56. The van der Waals surface area contributed by atoms with Crippen LogP contribution < -0.4 is 15.4 Å². The molecule has 37 heavy (non-hydrogen) atoms. The molecule has 2 saturated carbocycles. The Kier molecular flexibility index (Phi) is 6.76. The number of nitrogens with zero attached hydrogens (tertiary/aromatic N) is 3. The number of ether oxygens (including phenoxy) is 1. The first-order valence-corrected chi connectivity index (χ1v) is 13.1. The Morgan fingerprint density at radius 3 is 2.43 bits per heavy atom. The molecule has 2 aliphatic rings. The number of anilines is 2.